The Morgan fingerprint density at radius 3 is 3.04 bits per heavy atom. The Hall–Kier alpha value is -1.74. The van der Waals surface area contributed by atoms with Crippen LogP contribution in [0.1, 0.15) is 6.92 Å². The molecule has 0 bridgehead atoms. The minimum Gasteiger partial charge on any atom is -0.324 e. The predicted molar refractivity (Wildman–Crippen MR) is 93.9 cm³/mol. The summed E-state index contributed by atoms with van der Waals surface area (Å²) in [5, 5.41) is 17.7. The highest BCUT2D eigenvalue weighted by Crippen LogP contribution is 2.24. The molecule has 1 amide bonds. The minimum atomic E-state index is -0.0884. The number of tetrazole rings is 1. The molecule has 1 aliphatic heterocycles. The molecular weight excluding hydrogens is 353 g/mol. The lowest BCUT2D eigenvalue weighted by atomic mass is 10.2. The number of piperazine rings is 1. The third-order valence-electron chi connectivity index (χ3n) is 3.82. The van der Waals surface area contributed by atoms with Gasteiger partial charge in [0, 0.05) is 25.7 Å². The van der Waals surface area contributed by atoms with Crippen molar-refractivity contribution in [2.24, 2.45) is 0 Å². The first-order chi connectivity index (χ1) is 11.1. The molecule has 1 atom stereocenters. The highest BCUT2D eigenvalue weighted by molar-refractivity contribution is 6.33. The number of nitrogens with one attached hydrogen (secondary N) is 2. The molecule has 130 valence electrons. The second kappa shape index (κ2) is 8.39. The molecule has 1 aromatic heterocycles. The van der Waals surface area contributed by atoms with Gasteiger partial charge in [0.15, 0.2) is 0 Å². The summed E-state index contributed by atoms with van der Waals surface area (Å²) < 4.78 is 1.50. The molecule has 0 unspecified atom stereocenters. The number of amides is 1. The number of anilines is 1. The molecule has 1 aliphatic rings. The van der Waals surface area contributed by atoms with Gasteiger partial charge in [0.05, 0.1) is 22.9 Å². The average molecular weight is 372 g/mol. The van der Waals surface area contributed by atoms with Gasteiger partial charge in [0.2, 0.25) is 5.91 Å². The number of hydrogen-bond acceptors (Lipinski definition) is 6. The van der Waals surface area contributed by atoms with Crippen LogP contribution in [0.15, 0.2) is 24.5 Å². The van der Waals surface area contributed by atoms with Crippen molar-refractivity contribution in [1.29, 1.82) is 0 Å². The maximum Gasteiger partial charge on any atom is 0.238 e. The van der Waals surface area contributed by atoms with Gasteiger partial charge < -0.3 is 10.6 Å². The van der Waals surface area contributed by atoms with E-state index in [-0.39, 0.29) is 18.3 Å². The smallest absolute Gasteiger partial charge is 0.238 e. The maximum atomic E-state index is 12.3. The monoisotopic (exact) mass is 371 g/mol. The highest BCUT2D eigenvalue weighted by atomic mass is 35.5. The van der Waals surface area contributed by atoms with Crippen LogP contribution >= 0.6 is 24.0 Å². The summed E-state index contributed by atoms with van der Waals surface area (Å²) in [5.41, 5.74) is 1.28. The summed E-state index contributed by atoms with van der Waals surface area (Å²) >= 11 is 6.17. The first-order valence-electron chi connectivity index (χ1n) is 7.41. The van der Waals surface area contributed by atoms with Crippen LogP contribution in [0.4, 0.5) is 5.69 Å². The Bertz CT molecular complexity index is 680. The Morgan fingerprint density at radius 1 is 1.50 bits per heavy atom. The highest BCUT2D eigenvalue weighted by Gasteiger charge is 2.20. The van der Waals surface area contributed by atoms with Gasteiger partial charge >= 0.3 is 0 Å². The van der Waals surface area contributed by atoms with E-state index in [1.54, 1.807) is 18.2 Å². The van der Waals surface area contributed by atoms with Crippen LogP contribution in [0.2, 0.25) is 5.02 Å². The lowest BCUT2D eigenvalue weighted by Gasteiger charge is -2.33. The molecule has 0 saturated carbocycles. The van der Waals surface area contributed by atoms with E-state index in [0.29, 0.717) is 23.3 Å². The van der Waals surface area contributed by atoms with E-state index in [0.717, 1.165) is 25.3 Å². The van der Waals surface area contributed by atoms with E-state index in [1.165, 1.54) is 11.0 Å². The molecule has 2 aromatic rings. The molecule has 1 aromatic carbocycles. The van der Waals surface area contributed by atoms with Gasteiger partial charge in [-0.15, -0.1) is 17.5 Å². The third-order valence-corrected chi connectivity index (χ3v) is 4.15. The zero-order chi connectivity index (χ0) is 16.2. The van der Waals surface area contributed by atoms with Crippen molar-refractivity contribution in [3.05, 3.63) is 29.5 Å². The molecule has 2 heterocycles. The molecule has 10 heteroatoms. The second-order valence-electron chi connectivity index (χ2n) is 5.49. The van der Waals surface area contributed by atoms with E-state index in [4.69, 9.17) is 11.6 Å². The molecule has 24 heavy (non-hydrogen) atoms. The second-order valence-corrected chi connectivity index (χ2v) is 5.90. The number of halogens is 2. The van der Waals surface area contributed by atoms with E-state index in [9.17, 15) is 4.79 Å². The standard InChI is InChI=1S/C14H18ClN7O.ClH/c1-10-7-16-4-5-21(10)8-14(23)18-13-6-11(2-3-12(13)15)22-9-17-19-20-22;/h2-3,6,9-10,16H,4-5,7-8H2,1H3,(H,18,23);1H/t10-;/m0./s1. The fourth-order valence-electron chi connectivity index (χ4n) is 2.52. The summed E-state index contributed by atoms with van der Waals surface area (Å²) in [7, 11) is 0. The average Bonchev–Trinajstić information content (AvgIpc) is 3.06. The molecule has 1 fully saturated rings. The summed E-state index contributed by atoms with van der Waals surface area (Å²) in [5.74, 6) is -0.0884. The Labute approximate surface area is 150 Å². The van der Waals surface area contributed by atoms with Crippen molar-refractivity contribution < 1.29 is 4.79 Å². The number of carbonyl (C=O) groups excluding carboxylic acids is 1. The van der Waals surface area contributed by atoms with E-state index in [1.807, 2.05) is 0 Å². The normalized spacial score (nSPS) is 18.0. The number of aromatic nitrogens is 4. The molecule has 0 radical (unpaired) electrons. The fourth-order valence-corrected chi connectivity index (χ4v) is 2.69. The molecule has 0 aliphatic carbocycles. The van der Waals surface area contributed by atoms with Gasteiger partial charge in [0.25, 0.3) is 0 Å². The van der Waals surface area contributed by atoms with Gasteiger partial charge in [-0.3, -0.25) is 9.69 Å². The van der Waals surface area contributed by atoms with Crippen molar-refractivity contribution in [1.82, 2.24) is 30.4 Å². The van der Waals surface area contributed by atoms with Crippen molar-refractivity contribution in [2.45, 2.75) is 13.0 Å². The Morgan fingerprint density at radius 2 is 2.33 bits per heavy atom. The van der Waals surface area contributed by atoms with Crippen molar-refractivity contribution in [3.8, 4) is 5.69 Å². The molecule has 1 saturated heterocycles. The van der Waals surface area contributed by atoms with E-state index < -0.39 is 0 Å². The first kappa shape index (κ1) is 18.6. The zero-order valence-corrected chi connectivity index (χ0v) is 14.7. The lowest BCUT2D eigenvalue weighted by molar-refractivity contribution is -0.118. The fraction of sp³-hybridized carbons (Fsp3) is 0.429. The third kappa shape index (κ3) is 4.41. The van der Waals surface area contributed by atoms with Crippen molar-refractivity contribution >= 4 is 35.6 Å². The van der Waals surface area contributed by atoms with Crippen LogP contribution in [0.25, 0.3) is 5.69 Å². The van der Waals surface area contributed by atoms with Crippen molar-refractivity contribution in [2.75, 3.05) is 31.5 Å². The quantitative estimate of drug-likeness (QED) is 0.832. The Kier molecular flexibility index (Phi) is 6.50. The first-order valence-corrected chi connectivity index (χ1v) is 7.79. The van der Waals surface area contributed by atoms with Crippen LogP contribution in [0, 0.1) is 0 Å². The maximum absolute atomic E-state index is 12.3. The largest absolute Gasteiger partial charge is 0.324 e. The molecular formula is C14H19Cl2N7O. The van der Waals surface area contributed by atoms with Crippen LogP contribution in [0.3, 0.4) is 0 Å². The number of rotatable bonds is 4. The number of carbonyl (C=O) groups is 1. The summed E-state index contributed by atoms with van der Waals surface area (Å²) in [6.07, 6.45) is 1.48. The lowest BCUT2D eigenvalue weighted by Crippen LogP contribution is -2.52. The van der Waals surface area contributed by atoms with E-state index >= 15 is 0 Å². The van der Waals surface area contributed by atoms with E-state index in [2.05, 4.69) is 38.0 Å². The number of benzene rings is 1. The molecule has 2 N–H and O–H groups in total. The number of nitrogens with zero attached hydrogens (tertiary/aromatic N) is 5. The molecule has 3 rings (SSSR count). The zero-order valence-electron chi connectivity index (χ0n) is 13.1. The summed E-state index contributed by atoms with van der Waals surface area (Å²) in [4.78, 5) is 14.4. The summed E-state index contributed by atoms with van der Waals surface area (Å²) in [6, 6.07) is 5.57. The van der Waals surface area contributed by atoms with Crippen LogP contribution in [-0.2, 0) is 4.79 Å². The minimum absolute atomic E-state index is 0. The Balaban J connectivity index is 0.00000208. The van der Waals surface area contributed by atoms with Crippen LogP contribution in [0.5, 0.6) is 0 Å². The molecule has 0 spiro atoms. The predicted octanol–water partition coefficient (Wildman–Crippen LogP) is 0.970. The van der Waals surface area contributed by atoms with Gasteiger partial charge in [0.1, 0.15) is 6.33 Å². The van der Waals surface area contributed by atoms with Crippen LogP contribution < -0.4 is 10.6 Å². The van der Waals surface area contributed by atoms with Crippen molar-refractivity contribution in [3.63, 3.8) is 0 Å². The summed E-state index contributed by atoms with van der Waals surface area (Å²) in [6.45, 7) is 5.09. The number of hydrogen-bond donors (Lipinski definition) is 2. The van der Waals surface area contributed by atoms with Gasteiger partial charge in [-0.2, -0.15) is 0 Å². The van der Waals surface area contributed by atoms with Gasteiger partial charge in [-0.1, -0.05) is 11.6 Å². The molecule has 8 nitrogen and oxygen atoms in total. The topological polar surface area (TPSA) is 88.0 Å². The van der Waals surface area contributed by atoms with Crippen LogP contribution in [-0.4, -0.2) is 63.2 Å². The SMILES string of the molecule is C[C@H]1CNCCN1CC(=O)Nc1cc(-n2cnnn2)ccc1Cl.Cl. The van der Waals surface area contributed by atoms with Gasteiger partial charge in [-0.05, 0) is 35.5 Å². The van der Waals surface area contributed by atoms with Gasteiger partial charge in [-0.25, -0.2) is 4.68 Å².